The van der Waals surface area contributed by atoms with Gasteiger partial charge in [0.05, 0.1) is 4.90 Å². The Morgan fingerprint density at radius 1 is 1.30 bits per heavy atom. The molecule has 0 saturated carbocycles. The van der Waals surface area contributed by atoms with Crippen LogP contribution in [0.1, 0.15) is 19.8 Å². The summed E-state index contributed by atoms with van der Waals surface area (Å²) in [6, 6.07) is 2.21. The fraction of sp³-hybridized carbons (Fsp3) is 0.538. The van der Waals surface area contributed by atoms with E-state index < -0.39 is 21.7 Å². The summed E-state index contributed by atoms with van der Waals surface area (Å²) in [7, 11) is -3.88. The first-order valence-corrected chi connectivity index (χ1v) is 8.08. The highest BCUT2D eigenvalue weighted by Gasteiger charge is 2.31. The Morgan fingerprint density at radius 2 is 1.95 bits per heavy atom. The molecule has 0 amide bonds. The SMILES string of the molecule is CCN(C1CCCNC1)S(=O)(=O)c1cc(F)cc(F)c1. The van der Waals surface area contributed by atoms with Crippen molar-refractivity contribution in [1.29, 1.82) is 0 Å². The van der Waals surface area contributed by atoms with E-state index >= 15 is 0 Å². The predicted molar refractivity (Wildman–Crippen MR) is 71.8 cm³/mol. The number of halogens is 2. The Hall–Kier alpha value is -1.05. The fourth-order valence-corrected chi connectivity index (χ4v) is 4.22. The number of hydrogen-bond acceptors (Lipinski definition) is 3. The molecule has 1 unspecified atom stereocenters. The van der Waals surface area contributed by atoms with Crippen LogP contribution in [0.5, 0.6) is 0 Å². The predicted octanol–water partition coefficient (Wildman–Crippen LogP) is 1.73. The summed E-state index contributed by atoms with van der Waals surface area (Å²) in [5.74, 6) is -1.78. The standard InChI is InChI=1S/C13H18F2N2O2S/c1-2-17(12-4-3-5-16-9-12)20(18,19)13-7-10(14)6-11(15)8-13/h6-8,12,16H,2-5,9H2,1H3. The number of benzene rings is 1. The normalized spacial score (nSPS) is 20.3. The zero-order chi connectivity index (χ0) is 14.8. The average Bonchev–Trinajstić information content (AvgIpc) is 2.39. The maximum Gasteiger partial charge on any atom is 0.243 e. The molecule has 0 aromatic heterocycles. The van der Waals surface area contributed by atoms with Crippen molar-refractivity contribution in [3.63, 3.8) is 0 Å². The first kappa shape index (κ1) is 15.3. The summed E-state index contributed by atoms with van der Waals surface area (Å²) in [5.41, 5.74) is 0. The highest BCUT2D eigenvalue weighted by molar-refractivity contribution is 7.89. The van der Waals surface area contributed by atoms with Crippen molar-refractivity contribution in [2.75, 3.05) is 19.6 Å². The lowest BCUT2D eigenvalue weighted by Crippen LogP contribution is -2.48. The van der Waals surface area contributed by atoms with Crippen molar-refractivity contribution < 1.29 is 17.2 Å². The molecule has 7 heteroatoms. The van der Waals surface area contributed by atoms with Crippen LogP contribution >= 0.6 is 0 Å². The molecule has 20 heavy (non-hydrogen) atoms. The van der Waals surface area contributed by atoms with Gasteiger partial charge in [0.1, 0.15) is 11.6 Å². The molecular weight excluding hydrogens is 286 g/mol. The zero-order valence-corrected chi connectivity index (χ0v) is 12.1. The number of hydrogen-bond donors (Lipinski definition) is 1. The Bertz CT molecular complexity index is 551. The van der Waals surface area contributed by atoms with Gasteiger partial charge in [-0.15, -0.1) is 0 Å². The first-order chi connectivity index (χ1) is 9.45. The van der Waals surface area contributed by atoms with Crippen LogP contribution in [-0.2, 0) is 10.0 Å². The van der Waals surface area contributed by atoms with E-state index in [4.69, 9.17) is 0 Å². The lowest BCUT2D eigenvalue weighted by molar-refractivity contribution is 0.274. The lowest BCUT2D eigenvalue weighted by atomic mass is 10.1. The van der Waals surface area contributed by atoms with E-state index in [1.165, 1.54) is 4.31 Å². The highest BCUT2D eigenvalue weighted by Crippen LogP contribution is 2.22. The Kier molecular flexibility index (Phi) is 4.72. The smallest absolute Gasteiger partial charge is 0.243 e. The topological polar surface area (TPSA) is 49.4 Å². The molecule has 1 heterocycles. The molecule has 0 aliphatic carbocycles. The van der Waals surface area contributed by atoms with Crippen LogP contribution in [0.2, 0.25) is 0 Å². The van der Waals surface area contributed by atoms with Crippen molar-refractivity contribution in [1.82, 2.24) is 9.62 Å². The minimum atomic E-state index is -3.88. The second kappa shape index (κ2) is 6.15. The largest absolute Gasteiger partial charge is 0.315 e. The van der Waals surface area contributed by atoms with Gasteiger partial charge in [-0.05, 0) is 31.5 Å². The molecule has 1 aromatic carbocycles. The minimum absolute atomic E-state index is 0.176. The zero-order valence-electron chi connectivity index (χ0n) is 11.3. The third-order valence-electron chi connectivity index (χ3n) is 3.43. The molecule has 112 valence electrons. The molecule has 4 nitrogen and oxygen atoms in total. The van der Waals surface area contributed by atoms with Gasteiger partial charge in [0, 0.05) is 25.2 Å². The second-order valence-electron chi connectivity index (χ2n) is 4.81. The molecule has 1 aliphatic rings. The molecule has 2 rings (SSSR count). The van der Waals surface area contributed by atoms with Crippen molar-refractivity contribution in [2.24, 2.45) is 0 Å². The summed E-state index contributed by atoms with van der Waals surface area (Å²) >= 11 is 0. The average molecular weight is 304 g/mol. The van der Waals surface area contributed by atoms with Gasteiger partial charge in [0.15, 0.2) is 0 Å². The van der Waals surface area contributed by atoms with Crippen LogP contribution in [-0.4, -0.2) is 38.4 Å². The van der Waals surface area contributed by atoms with E-state index in [9.17, 15) is 17.2 Å². The van der Waals surface area contributed by atoms with Gasteiger partial charge in [-0.25, -0.2) is 17.2 Å². The monoisotopic (exact) mass is 304 g/mol. The summed E-state index contributed by atoms with van der Waals surface area (Å²) in [6.45, 7) is 3.42. The van der Waals surface area contributed by atoms with Crippen molar-refractivity contribution in [2.45, 2.75) is 30.7 Å². The summed E-state index contributed by atoms with van der Waals surface area (Å²) in [6.07, 6.45) is 1.63. The van der Waals surface area contributed by atoms with Crippen LogP contribution < -0.4 is 5.32 Å². The Labute approximate surface area is 117 Å². The Balaban J connectivity index is 2.35. The minimum Gasteiger partial charge on any atom is -0.315 e. The van der Waals surface area contributed by atoms with Gasteiger partial charge < -0.3 is 5.32 Å². The van der Waals surface area contributed by atoms with Gasteiger partial charge in [-0.1, -0.05) is 6.92 Å². The molecule has 1 atom stereocenters. The van der Waals surface area contributed by atoms with E-state index in [-0.39, 0.29) is 17.5 Å². The molecule has 1 N–H and O–H groups in total. The van der Waals surface area contributed by atoms with Crippen molar-refractivity contribution in [3.05, 3.63) is 29.8 Å². The highest BCUT2D eigenvalue weighted by atomic mass is 32.2. The number of likely N-dealkylation sites (N-methyl/N-ethyl adjacent to an activating group) is 1. The van der Waals surface area contributed by atoms with E-state index in [1.54, 1.807) is 6.92 Å². The number of rotatable bonds is 4. The molecule has 0 bridgehead atoms. The summed E-state index contributed by atoms with van der Waals surface area (Å²) in [5, 5.41) is 3.14. The maximum absolute atomic E-state index is 13.2. The molecule has 1 fully saturated rings. The van der Waals surface area contributed by atoms with Crippen LogP contribution in [0.25, 0.3) is 0 Å². The van der Waals surface area contributed by atoms with Crippen LogP contribution in [0.3, 0.4) is 0 Å². The third kappa shape index (κ3) is 3.16. The molecule has 1 aromatic rings. The van der Waals surface area contributed by atoms with Crippen LogP contribution in [0.4, 0.5) is 8.78 Å². The fourth-order valence-electron chi connectivity index (χ4n) is 2.52. The van der Waals surface area contributed by atoms with Gasteiger partial charge in [-0.3, -0.25) is 0 Å². The second-order valence-corrected chi connectivity index (χ2v) is 6.70. The quantitative estimate of drug-likeness (QED) is 0.921. The van der Waals surface area contributed by atoms with Gasteiger partial charge >= 0.3 is 0 Å². The third-order valence-corrected chi connectivity index (χ3v) is 5.44. The summed E-state index contributed by atoms with van der Waals surface area (Å²) in [4.78, 5) is -0.331. The van der Waals surface area contributed by atoms with E-state index in [2.05, 4.69) is 5.32 Å². The number of nitrogens with zero attached hydrogens (tertiary/aromatic N) is 1. The van der Waals surface area contributed by atoms with E-state index in [0.717, 1.165) is 31.5 Å². The van der Waals surface area contributed by atoms with Crippen molar-refractivity contribution in [3.8, 4) is 0 Å². The van der Waals surface area contributed by atoms with E-state index in [0.29, 0.717) is 12.6 Å². The lowest BCUT2D eigenvalue weighted by Gasteiger charge is -2.33. The van der Waals surface area contributed by atoms with Crippen molar-refractivity contribution >= 4 is 10.0 Å². The van der Waals surface area contributed by atoms with Gasteiger partial charge in [-0.2, -0.15) is 4.31 Å². The van der Waals surface area contributed by atoms with Gasteiger partial charge in [0.2, 0.25) is 10.0 Å². The number of sulfonamides is 1. The summed E-state index contributed by atoms with van der Waals surface area (Å²) < 4.78 is 52.8. The van der Waals surface area contributed by atoms with E-state index in [1.807, 2.05) is 0 Å². The van der Waals surface area contributed by atoms with Gasteiger partial charge in [0.25, 0.3) is 0 Å². The van der Waals surface area contributed by atoms with Crippen LogP contribution in [0, 0.1) is 11.6 Å². The number of piperidine rings is 1. The molecule has 0 spiro atoms. The number of nitrogens with one attached hydrogen (secondary N) is 1. The Morgan fingerprint density at radius 3 is 2.45 bits per heavy atom. The van der Waals surface area contributed by atoms with Crippen LogP contribution in [0.15, 0.2) is 23.1 Å². The molecule has 1 aliphatic heterocycles. The first-order valence-electron chi connectivity index (χ1n) is 6.64. The molecule has 0 radical (unpaired) electrons. The molecular formula is C13H18F2N2O2S. The molecule has 1 saturated heterocycles. The maximum atomic E-state index is 13.2.